The summed E-state index contributed by atoms with van der Waals surface area (Å²) in [5, 5.41) is 9.35. The van der Waals surface area contributed by atoms with Crippen LogP contribution in [-0.2, 0) is 9.53 Å². The molecule has 2 rings (SSSR count). The molecule has 0 amide bonds. The van der Waals surface area contributed by atoms with Crippen molar-refractivity contribution >= 4 is 11.8 Å². The standard InChI is InChI=1S/C31H45NO4/c1-5-25(16-12-13-19-28(33)27-18-14-22-32-27)15-10-8-7-9-11-17-26(6-2)30-23(3)20-21-29(36-30)24(4)31(34)35/h7-11,14-15,17-18,22-25,29-30,32H,5-6,12-13,16,19-21H2,1-4H3,(H,34,35)/b8-7+,11-9+,15-10+,26-17+/t23-,24+,25+,29+,30+/m0/s1. The Morgan fingerprint density at radius 3 is 2.56 bits per heavy atom. The van der Waals surface area contributed by atoms with Crippen molar-refractivity contribution in [3.63, 3.8) is 0 Å². The third kappa shape index (κ3) is 9.77. The Kier molecular flexibility index (Phi) is 13.3. The lowest BCUT2D eigenvalue weighted by Crippen LogP contribution is -2.40. The van der Waals surface area contributed by atoms with E-state index in [0.717, 1.165) is 44.9 Å². The van der Waals surface area contributed by atoms with Crippen molar-refractivity contribution in [3.05, 3.63) is 72.1 Å². The number of aliphatic carboxylic acids is 1. The van der Waals surface area contributed by atoms with Gasteiger partial charge in [0.05, 0.1) is 23.8 Å². The largest absolute Gasteiger partial charge is 0.481 e. The summed E-state index contributed by atoms with van der Waals surface area (Å²) < 4.78 is 6.25. The predicted molar refractivity (Wildman–Crippen MR) is 147 cm³/mol. The molecule has 0 aliphatic carbocycles. The lowest BCUT2D eigenvalue weighted by molar-refractivity contribution is -0.152. The van der Waals surface area contributed by atoms with E-state index in [9.17, 15) is 14.7 Å². The molecule has 1 fully saturated rings. The Balaban J connectivity index is 1.78. The summed E-state index contributed by atoms with van der Waals surface area (Å²) in [7, 11) is 0. The quantitative estimate of drug-likeness (QED) is 0.148. The van der Waals surface area contributed by atoms with Crippen LogP contribution >= 0.6 is 0 Å². The number of aromatic nitrogens is 1. The molecule has 1 aromatic rings. The Bertz CT molecular complexity index is 909. The molecule has 36 heavy (non-hydrogen) atoms. The van der Waals surface area contributed by atoms with Gasteiger partial charge in [0.1, 0.15) is 0 Å². The van der Waals surface area contributed by atoms with Gasteiger partial charge in [-0.05, 0) is 75.0 Å². The first-order chi connectivity index (χ1) is 17.4. The van der Waals surface area contributed by atoms with Gasteiger partial charge in [0.25, 0.3) is 0 Å². The first-order valence-corrected chi connectivity index (χ1v) is 13.6. The van der Waals surface area contributed by atoms with Gasteiger partial charge >= 0.3 is 5.97 Å². The van der Waals surface area contributed by atoms with Crippen LogP contribution in [0.15, 0.2) is 66.4 Å². The number of nitrogens with one attached hydrogen (secondary N) is 1. The number of rotatable bonds is 15. The Labute approximate surface area is 217 Å². The van der Waals surface area contributed by atoms with Gasteiger partial charge in [-0.25, -0.2) is 0 Å². The highest BCUT2D eigenvalue weighted by atomic mass is 16.5. The number of allylic oxidation sites excluding steroid dienone is 7. The van der Waals surface area contributed by atoms with Crippen LogP contribution < -0.4 is 0 Å². The minimum Gasteiger partial charge on any atom is -0.481 e. The first-order valence-electron chi connectivity index (χ1n) is 13.6. The monoisotopic (exact) mass is 495 g/mol. The van der Waals surface area contributed by atoms with Crippen LogP contribution in [0.2, 0.25) is 0 Å². The number of Topliss-reactive ketones (excluding diaryl/α,β-unsaturated/α-hetero) is 1. The third-order valence-corrected chi connectivity index (χ3v) is 7.26. The SMILES string of the molecule is CC\C(=C/C=C/C=C/C=C/[C@@H](CC)CCCCC(=O)c1ccc[nH]1)[C@@H]1O[C@@H]([C@@H](C)C(=O)O)CC[C@@H]1C. The van der Waals surface area contributed by atoms with E-state index in [1.807, 2.05) is 30.4 Å². The molecule has 198 valence electrons. The highest BCUT2D eigenvalue weighted by molar-refractivity contribution is 5.94. The number of H-pyrrole nitrogens is 1. The van der Waals surface area contributed by atoms with E-state index in [1.165, 1.54) is 5.57 Å². The molecule has 1 saturated heterocycles. The van der Waals surface area contributed by atoms with Crippen LogP contribution in [0.5, 0.6) is 0 Å². The molecule has 1 aliphatic heterocycles. The van der Waals surface area contributed by atoms with Gasteiger partial charge in [0.2, 0.25) is 0 Å². The lowest BCUT2D eigenvalue weighted by atomic mass is 9.85. The number of carbonyl (C=O) groups is 2. The Morgan fingerprint density at radius 2 is 1.89 bits per heavy atom. The number of carboxylic acid groups (broad SMARTS) is 1. The zero-order valence-corrected chi connectivity index (χ0v) is 22.5. The van der Waals surface area contributed by atoms with Crippen LogP contribution in [0.1, 0.15) is 89.5 Å². The maximum absolute atomic E-state index is 12.1. The highest BCUT2D eigenvalue weighted by Crippen LogP contribution is 2.33. The number of aromatic amines is 1. The zero-order chi connectivity index (χ0) is 26.3. The predicted octanol–water partition coefficient (Wildman–Crippen LogP) is 7.69. The van der Waals surface area contributed by atoms with Crippen LogP contribution in [-0.4, -0.2) is 34.1 Å². The summed E-state index contributed by atoms with van der Waals surface area (Å²) in [6.45, 7) is 8.26. The first kappa shape index (κ1) is 29.6. The fourth-order valence-corrected chi connectivity index (χ4v) is 4.72. The van der Waals surface area contributed by atoms with E-state index < -0.39 is 11.9 Å². The highest BCUT2D eigenvalue weighted by Gasteiger charge is 2.35. The lowest BCUT2D eigenvalue weighted by Gasteiger charge is -2.37. The maximum atomic E-state index is 12.1. The molecular formula is C31H45NO4. The van der Waals surface area contributed by atoms with Crippen molar-refractivity contribution in [1.82, 2.24) is 4.98 Å². The molecule has 2 N–H and O–H groups in total. The summed E-state index contributed by atoms with van der Waals surface area (Å²) >= 11 is 0. The van der Waals surface area contributed by atoms with Gasteiger partial charge in [-0.15, -0.1) is 0 Å². The normalized spacial score (nSPS) is 23.0. The van der Waals surface area contributed by atoms with Gasteiger partial charge in [-0.3, -0.25) is 9.59 Å². The molecule has 5 atom stereocenters. The topological polar surface area (TPSA) is 79.4 Å². The average molecular weight is 496 g/mol. The Morgan fingerprint density at radius 1 is 1.14 bits per heavy atom. The van der Waals surface area contributed by atoms with E-state index in [2.05, 4.69) is 50.1 Å². The van der Waals surface area contributed by atoms with Crippen molar-refractivity contribution in [3.8, 4) is 0 Å². The Hall–Kier alpha value is -2.66. The molecule has 1 aromatic heterocycles. The summed E-state index contributed by atoms with van der Waals surface area (Å²) in [4.78, 5) is 26.4. The number of hydrogen-bond acceptors (Lipinski definition) is 3. The molecule has 5 heteroatoms. The molecule has 2 heterocycles. The molecule has 1 aliphatic rings. The molecular weight excluding hydrogens is 450 g/mol. The second-order valence-corrected chi connectivity index (χ2v) is 9.95. The van der Waals surface area contributed by atoms with Gasteiger partial charge in [0, 0.05) is 12.6 Å². The van der Waals surface area contributed by atoms with Crippen LogP contribution in [0.4, 0.5) is 0 Å². The second kappa shape index (κ2) is 16.2. The smallest absolute Gasteiger partial charge is 0.308 e. The van der Waals surface area contributed by atoms with E-state index >= 15 is 0 Å². The number of ether oxygens (including phenoxy) is 1. The fourth-order valence-electron chi connectivity index (χ4n) is 4.72. The molecule has 0 spiro atoms. The van der Waals surface area contributed by atoms with Crippen molar-refractivity contribution in [2.24, 2.45) is 17.8 Å². The number of ketones is 1. The fraction of sp³-hybridized carbons (Fsp3) is 0.548. The molecule has 0 radical (unpaired) electrons. The van der Waals surface area contributed by atoms with E-state index in [1.54, 1.807) is 13.1 Å². The number of hydrogen-bond donors (Lipinski definition) is 2. The number of carbonyl (C=O) groups excluding carboxylic acids is 1. The van der Waals surface area contributed by atoms with Gasteiger partial charge < -0.3 is 14.8 Å². The van der Waals surface area contributed by atoms with Crippen molar-refractivity contribution in [2.75, 3.05) is 0 Å². The van der Waals surface area contributed by atoms with Crippen LogP contribution in [0.3, 0.4) is 0 Å². The zero-order valence-electron chi connectivity index (χ0n) is 22.5. The summed E-state index contributed by atoms with van der Waals surface area (Å²) in [5.74, 6) is -0.170. The van der Waals surface area contributed by atoms with Crippen LogP contribution in [0, 0.1) is 17.8 Å². The summed E-state index contributed by atoms with van der Waals surface area (Å²) in [5.41, 5.74) is 1.92. The van der Waals surface area contributed by atoms with E-state index in [4.69, 9.17) is 4.74 Å². The molecule has 0 unspecified atom stereocenters. The second-order valence-electron chi connectivity index (χ2n) is 9.95. The minimum atomic E-state index is -0.790. The summed E-state index contributed by atoms with van der Waals surface area (Å²) in [6.07, 6.45) is 23.6. The van der Waals surface area contributed by atoms with Gasteiger partial charge in [0.15, 0.2) is 5.78 Å². The number of carboxylic acids is 1. The van der Waals surface area contributed by atoms with E-state index in [0.29, 0.717) is 24.0 Å². The van der Waals surface area contributed by atoms with Crippen molar-refractivity contribution in [1.29, 1.82) is 0 Å². The third-order valence-electron chi connectivity index (χ3n) is 7.26. The molecule has 5 nitrogen and oxygen atoms in total. The molecule has 0 aromatic carbocycles. The number of unbranched alkanes of at least 4 members (excludes halogenated alkanes) is 1. The minimum absolute atomic E-state index is 0.0208. The van der Waals surface area contributed by atoms with Crippen molar-refractivity contribution in [2.45, 2.75) is 91.3 Å². The van der Waals surface area contributed by atoms with E-state index in [-0.39, 0.29) is 18.0 Å². The van der Waals surface area contributed by atoms with Gasteiger partial charge in [-0.1, -0.05) is 69.7 Å². The van der Waals surface area contributed by atoms with Gasteiger partial charge in [-0.2, -0.15) is 0 Å². The van der Waals surface area contributed by atoms with Crippen molar-refractivity contribution < 1.29 is 19.4 Å². The molecule has 0 bridgehead atoms. The summed E-state index contributed by atoms with van der Waals surface area (Å²) in [6, 6.07) is 3.69. The molecule has 0 saturated carbocycles. The maximum Gasteiger partial charge on any atom is 0.308 e. The van der Waals surface area contributed by atoms with Crippen LogP contribution in [0.25, 0.3) is 0 Å². The average Bonchev–Trinajstić information content (AvgIpc) is 3.42.